The van der Waals surface area contributed by atoms with E-state index >= 15 is 0 Å². The number of rotatable bonds is 3. The van der Waals surface area contributed by atoms with Crippen LogP contribution in [0, 0.1) is 6.92 Å². The van der Waals surface area contributed by atoms with Crippen LogP contribution in [0.1, 0.15) is 30.0 Å². The Kier molecular flexibility index (Phi) is 3.55. The van der Waals surface area contributed by atoms with Crippen LogP contribution in [0.25, 0.3) is 0 Å². The van der Waals surface area contributed by atoms with Crippen molar-refractivity contribution in [1.29, 1.82) is 0 Å². The van der Waals surface area contributed by atoms with Crippen LogP contribution in [0.3, 0.4) is 0 Å². The molecule has 0 aliphatic carbocycles. The van der Waals surface area contributed by atoms with Gasteiger partial charge in [-0.1, -0.05) is 0 Å². The highest BCUT2D eigenvalue weighted by Gasteiger charge is 2.11. The van der Waals surface area contributed by atoms with Gasteiger partial charge < -0.3 is 5.73 Å². The fourth-order valence-corrected chi connectivity index (χ4v) is 2.69. The molecule has 1 heterocycles. The zero-order valence-corrected chi connectivity index (χ0v) is 10.8. The van der Waals surface area contributed by atoms with Crippen molar-refractivity contribution in [2.45, 2.75) is 39.2 Å². The number of aryl methyl sites for hydroxylation is 2. The van der Waals surface area contributed by atoms with Crippen molar-refractivity contribution in [3.63, 3.8) is 0 Å². The number of hydrogen-bond acceptors (Lipinski definition) is 2. The van der Waals surface area contributed by atoms with E-state index in [0.29, 0.717) is 0 Å². The van der Waals surface area contributed by atoms with Crippen LogP contribution in [-0.2, 0) is 6.42 Å². The monoisotopic (exact) mass is 261 g/mol. The van der Waals surface area contributed by atoms with Crippen molar-refractivity contribution in [1.82, 2.24) is 0 Å². The highest BCUT2D eigenvalue weighted by atomic mass is 79.9. The van der Waals surface area contributed by atoms with E-state index in [1.54, 1.807) is 0 Å². The Balaban J connectivity index is 2.56. The molecule has 0 radical (unpaired) electrons. The van der Waals surface area contributed by atoms with Gasteiger partial charge in [0.15, 0.2) is 0 Å². The Hall–Kier alpha value is 0.140. The minimum atomic E-state index is -0.0512. The maximum absolute atomic E-state index is 5.92. The second-order valence-corrected chi connectivity index (χ2v) is 6.30. The third-order valence-corrected chi connectivity index (χ3v) is 4.12. The fourth-order valence-electron chi connectivity index (χ4n) is 1.09. The Morgan fingerprint density at radius 3 is 2.54 bits per heavy atom. The van der Waals surface area contributed by atoms with E-state index in [2.05, 4.69) is 42.8 Å². The van der Waals surface area contributed by atoms with Crippen LogP contribution in [-0.4, -0.2) is 5.54 Å². The molecule has 2 N–H and O–H groups in total. The first-order valence-corrected chi connectivity index (χ1v) is 6.03. The van der Waals surface area contributed by atoms with Gasteiger partial charge in [-0.3, -0.25) is 0 Å². The summed E-state index contributed by atoms with van der Waals surface area (Å²) in [5.41, 5.74) is 5.87. The molecule has 0 amide bonds. The molecule has 0 unspecified atom stereocenters. The molecule has 3 heteroatoms. The summed E-state index contributed by atoms with van der Waals surface area (Å²) < 4.78 is 1.22. The fraction of sp³-hybridized carbons (Fsp3) is 0.600. The topological polar surface area (TPSA) is 26.0 Å². The minimum Gasteiger partial charge on any atom is -0.326 e. The van der Waals surface area contributed by atoms with E-state index < -0.39 is 0 Å². The van der Waals surface area contributed by atoms with Gasteiger partial charge in [0.2, 0.25) is 0 Å². The lowest BCUT2D eigenvalue weighted by atomic mass is 10.00. The summed E-state index contributed by atoms with van der Waals surface area (Å²) in [7, 11) is 0. The molecule has 0 saturated heterocycles. The molecule has 0 aliphatic heterocycles. The Bertz CT molecular complexity index is 266. The molecule has 1 aromatic heterocycles. The molecule has 0 atom stereocenters. The zero-order chi connectivity index (χ0) is 10.1. The summed E-state index contributed by atoms with van der Waals surface area (Å²) in [6, 6.07) is 2.20. The third-order valence-electron chi connectivity index (χ3n) is 1.92. The molecule has 74 valence electrons. The van der Waals surface area contributed by atoms with Crippen LogP contribution in [0.15, 0.2) is 10.5 Å². The smallest absolute Gasteiger partial charge is 0.0314 e. The third kappa shape index (κ3) is 3.79. The van der Waals surface area contributed by atoms with Crippen LogP contribution in [0.4, 0.5) is 0 Å². The SMILES string of the molecule is Cc1sc(CCC(C)(C)N)cc1Br. The standard InChI is InChI=1S/C10H16BrNS/c1-7-9(11)6-8(13-7)4-5-10(2,3)12/h6H,4-5,12H2,1-3H3. The van der Waals surface area contributed by atoms with Gasteiger partial charge in [-0.25, -0.2) is 0 Å². The molecule has 13 heavy (non-hydrogen) atoms. The van der Waals surface area contributed by atoms with Crippen LogP contribution in [0.5, 0.6) is 0 Å². The van der Waals surface area contributed by atoms with Gasteiger partial charge in [0, 0.05) is 19.8 Å². The second-order valence-electron chi connectivity index (χ2n) is 4.11. The first-order chi connectivity index (χ1) is 5.88. The average Bonchev–Trinajstić information content (AvgIpc) is 2.27. The number of halogens is 1. The highest BCUT2D eigenvalue weighted by molar-refractivity contribution is 9.10. The largest absolute Gasteiger partial charge is 0.326 e. The maximum Gasteiger partial charge on any atom is 0.0314 e. The van der Waals surface area contributed by atoms with Crippen molar-refractivity contribution in [3.05, 3.63) is 20.3 Å². The van der Waals surface area contributed by atoms with Gasteiger partial charge in [0.1, 0.15) is 0 Å². The zero-order valence-electron chi connectivity index (χ0n) is 8.36. The molecule has 1 aromatic rings. The molecular weight excluding hydrogens is 246 g/mol. The summed E-state index contributed by atoms with van der Waals surface area (Å²) in [5, 5.41) is 0. The molecule has 0 saturated carbocycles. The summed E-state index contributed by atoms with van der Waals surface area (Å²) in [4.78, 5) is 2.77. The van der Waals surface area contributed by atoms with Gasteiger partial charge in [-0.05, 0) is 55.6 Å². The molecule has 0 aliphatic rings. The molecule has 1 rings (SSSR count). The normalized spacial score (nSPS) is 12.1. The van der Waals surface area contributed by atoms with Gasteiger partial charge in [0.25, 0.3) is 0 Å². The molecule has 0 aromatic carbocycles. The first kappa shape index (κ1) is 11.2. The van der Waals surface area contributed by atoms with Crippen LogP contribution < -0.4 is 5.73 Å². The van der Waals surface area contributed by atoms with Crippen LogP contribution >= 0.6 is 27.3 Å². The number of thiophene rings is 1. The molecule has 0 spiro atoms. The lowest BCUT2D eigenvalue weighted by Gasteiger charge is -2.17. The Labute approximate surface area is 92.5 Å². The van der Waals surface area contributed by atoms with E-state index in [-0.39, 0.29) is 5.54 Å². The predicted octanol–water partition coefficient (Wildman–Crippen LogP) is 3.49. The van der Waals surface area contributed by atoms with Crippen molar-refractivity contribution in [3.8, 4) is 0 Å². The Morgan fingerprint density at radius 1 is 1.54 bits per heavy atom. The van der Waals surface area contributed by atoms with E-state index in [1.165, 1.54) is 14.2 Å². The van der Waals surface area contributed by atoms with E-state index in [9.17, 15) is 0 Å². The Morgan fingerprint density at radius 2 is 2.15 bits per heavy atom. The summed E-state index contributed by atoms with van der Waals surface area (Å²) in [6.45, 7) is 6.27. The lowest BCUT2D eigenvalue weighted by molar-refractivity contribution is 0.478. The number of hydrogen-bond donors (Lipinski definition) is 1. The summed E-state index contributed by atoms with van der Waals surface area (Å²) in [6.07, 6.45) is 2.12. The van der Waals surface area contributed by atoms with Gasteiger partial charge >= 0.3 is 0 Å². The first-order valence-electron chi connectivity index (χ1n) is 4.42. The summed E-state index contributed by atoms with van der Waals surface area (Å²) in [5.74, 6) is 0. The maximum atomic E-state index is 5.92. The van der Waals surface area contributed by atoms with Crippen molar-refractivity contribution in [2.24, 2.45) is 5.73 Å². The number of nitrogens with two attached hydrogens (primary N) is 1. The quantitative estimate of drug-likeness (QED) is 0.886. The lowest BCUT2D eigenvalue weighted by Crippen LogP contribution is -2.32. The predicted molar refractivity (Wildman–Crippen MR) is 63.3 cm³/mol. The van der Waals surface area contributed by atoms with Gasteiger partial charge in [-0.15, -0.1) is 11.3 Å². The van der Waals surface area contributed by atoms with Crippen LogP contribution in [0.2, 0.25) is 0 Å². The average molecular weight is 262 g/mol. The molecular formula is C10H16BrNS. The highest BCUT2D eigenvalue weighted by Crippen LogP contribution is 2.27. The van der Waals surface area contributed by atoms with Gasteiger partial charge in [0.05, 0.1) is 0 Å². The molecule has 1 nitrogen and oxygen atoms in total. The van der Waals surface area contributed by atoms with Crippen molar-refractivity contribution < 1.29 is 0 Å². The molecule has 0 bridgehead atoms. The second kappa shape index (κ2) is 4.11. The van der Waals surface area contributed by atoms with Crippen molar-refractivity contribution >= 4 is 27.3 Å². The van der Waals surface area contributed by atoms with E-state index in [1.807, 2.05) is 11.3 Å². The summed E-state index contributed by atoms with van der Waals surface area (Å²) >= 11 is 5.37. The van der Waals surface area contributed by atoms with Gasteiger partial charge in [-0.2, -0.15) is 0 Å². The molecule has 0 fully saturated rings. The van der Waals surface area contributed by atoms with E-state index in [0.717, 1.165) is 12.8 Å². The minimum absolute atomic E-state index is 0.0512. The van der Waals surface area contributed by atoms with E-state index in [4.69, 9.17) is 5.73 Å². The van der Waals surface area contributed by atoms with Crippen molar-refractivity contribution in [2.75, 3.05) is 0 Å².